The van der Waals surface area contributed by atoms with Crippen molar-refractivity contribution < 1.29 is 34.2 Å². The van der Waals surface area contributed by atoms with Crippen LogP contribution in [-0.4, -0.2) is 96.1 Å². The summed E-state index contributed by atoms with van der Waals surface area (Å²) in [5.74, 6) is -2.27. The van der Waals surface area contributed by atoms with Gasteiger partial charge in [0.25, 0.3) is 5.91 Å². The van der Waals surface area contributed by atoms with Crippen LogP contribution in [0.15, 0.2) is 29.4 Å². The molecule has 14 heteroatoms. The highest BCUT2D eigenvalue weighted by atomic mass is 16.6. The van der Waals surface area contributed by atoms with Crippen molar-refractivity contribution in [3.05, 3.63) is 40.3 Å². The molecule has 0 aliphatic heterocycles. The SMILES string of the molecule is CC(C)C.NCC(=O)NOCc1ccc(CNC(=O)CN(CCN=O)CCN(CC(=O)O)CC(=O)O)cc1. The van der Waals surface area contributed by atoms with Crippen LogP contribution in [0.4, 0.5) is 0 Å². The van der Waals surface area contributed by atoms with Crippen molar-refractivity contribution in [2.24, 2.45) is 16.8 Å². The molecule has 0 aromatic heterocycles. The van der Waals surface area contributed by atoms with Crippen LogP contribution in [0.1, 0.15) is 31.9 Å². The third kappa shape index (κ3) is 19.7. The lowest BCUT2D eigenvalue weighted by Gasteiger charge is -2.25. The molecule has 1 aromatic rings. The zero-order valence-electron chi connectivity index (χ0n) is 22.2. The summed E-state index contributed by atoms with van der Waals surface area (Å²) in [5.41, 5.74) is 8.96. The fourth-order valence-corrected chi connectivity index (χ4v) is 2.79. The Labute approximate surface area is 222 Å². The lowest BCUT2D eigenvalue weighted by Crippen LogP contribution is -2.44. The third-order valence-corrected chi connectivity index (χ3v) is 4.45. The van der Waals surface area contributed by atoms with Crippen molar-refractivity contribution in [3.8, 4) is 0 Å². The molecule has 0 bridgehead atoms. The minimum atomic E-state index is -1.17. The number of hydroxylamine groups is 1. The summed E-state index contributed by atoms with van der Waals surface area (Å²) < 4.78 is 0. The Morgan fingerprint density at radius 3 is 1.92 bits per heavy atom. The van der Waals surface area contributed by atoms with Gasteiger partial charge in [0.2, 0.25) is 5.91 Å². The number of carboxylic acid groups (broad SMARTS) is 2. The Bertz CT molecular complexity index is 847. The summed E-state index contributed by atoms with van der Waals surface area (Å²) in [6.07, 6.45) is 0. The third-order valence-electron chi connectivity index (χ3n) is 4.45. The Hall–Kier alpha value is -3.46. The second kappa shape index (κ2) is 20.6. The van der Waals surface area contributed by atoms with Gasteiger partial charge in [0, 0.05) is 26.2 Å². The molecule has 0 saturated carbocycles. The van der Waals surface area contributed by atoms with Crippen molar-refractivity contribution in [2.75, 3.05) is 52.4 Å². The van der Waals surface area contributed by atoms with E-state index in [1.165, 1.54) is 4.90 Å². The summed E-state index contributed by atoms with van der Waals surface area (Å²) in [4.78, 5) is 63.6. The van der Waals surface area contributed by atoms with Crippen molar-refractivity contribution in [3.63, 3.8) is 0 Å². The number of aliphatic carboxylic acids is 2. The fourth-order valence-electron chi connectivity index (χ4n) is 2.79. The molecule has 38 heavy (non-hydrogen) atoms. The maximum Gasteiger partial charge on any atom is 0.317 e. The van der Waals surface area contributed by atoms with Gasteiger partial charge < -0.3 is 21.3 Å². The first kappa shape index (κ1) is 34.5. The minimum absolute atomic E-state index is 0.0690. The van der Waals surface area contributed by atoms with Crippen LogP contribution in [-0.2, 0) is 37.2 Å². The molecular formula is C24H40N6O8. The molecule has 1 aromatic carbocycles. The maximum atomic E-state index is 12.4. The summed E-state index contributed by atoms with van der Waals surface area (Å²) in [6.45, 7) is 6.09. The molecule has 6 N–H and O–H groups in total. The Morgan fingerprint density at radius 2 is 1.42 bits per heavy atom. The van der Waals surface area contributed by atoms with Gasteiger partial charge in [0.05, 0.1) is 39.3 Å². The van der Waals surface area contributed by atoms with Gasteiger partial charge in [-0.05, 0) is 17.0 Å². The maximum absolute atomic E-state index is 12.4. The number of nitrogens with zero attached hydrogens (tertiary/aromatic N) is 3. The molecular weight excluding hydrogens is 500 g/mol. The molecule has 1 rings (SSSR count). The lowest BCUT2D eigenvalue weighted by atomic mass is 10.1. The van der Waals surface area contributed by atoms with E-state index in [1.807, 2.05) is 0 Å². The molecule has 0 saturated heterocycles. The first-order chi connectivity index (χ1) is 18.0. The van der Waals surface area contributed by atoms with Crippen LogP contribution in [0.25, 0.3) is 0 Å². The summed E-state index contributed by atoms with van der Waals surface area (Å²) >= 11 is 0. The van der Waals surface area contributed by atoms with E-state index in [2.05, 4.69) is 36.7 Å². The van der Waals surface area contributed by atoms with E-state index in [1.54, 1.807) is 29.2 Å². The zero-order chi connectivity index (χ0) is 28.9. The van der Waals surface area contributed by atoms with Crippen LogP contribution in [0.3, 0.4) is 0 Å². The normalized spacial score (nSPS) is 10.6. The average molecular weight is 541 g/mol. The molecule has 0 heterocycles. The van der Waals surface area contributed by atoms with E-state index in [4.69, 9.17) is 20.8 Å². The van der Waals surface area contributed by atoms with Gasteiger partial charge in [-0.3, -0.25) is 33.8 Å². The van der Waals surface area contributed by atoms with Crippen molar-refractivity contribution >= 4 is 23.8 Å². The number of nitrogens with two attached hydrogens (primary N) is 1. The number of nitrogens with one attached hydrogen (secondary N) is 2. The number of carbonyl (C=O) groups excluding carboxylic acids is 2. The van der Waals surface area contributed by atoms with Gasteiger partial charge in [0.15, 0.2) is 0 Å². The van der Waals surface area contributed by atoms with Crippen LogP contribution in [0, 0.1) is 10.8 Å². The van der Waals surface area contributed by atoms with Crippen molar-refractivity contribution in [1.82, 2.24) is 20.6 Å². The fraction of sp³-hybridized carbons (Fsp3) is 0.583. The summed E-state index contributed by atoms with van der Waals surface area (Å²) in [7, 11) is 0. The van der Waals surface area contributed by atoms with Crippen LogP contribution in [0.2, 0.25) is 0 Å². The van der Waals surface area contributed by atoms with Crippen molar-refractivity contribution in [1.29, 1.82) is 0 Å². The van der Waals surface area contributed by atoms with E-state index in [0.717, 1.165) is 17.0 Å². The number of rotatable bonds is 18. The summed E-state index contributed by atoms with van der Waals surface area (Å²) in [5, 5.41) is 23.4. The number of hydrogen-bond donors (Lipinski definition) is 5. The van der Waals surface area contributed by atoms with Gasteiger partial charge in [-0.1, -0.05) is 50.2 Å². The highest BCUT2D eigenvalue weighted by molar-refractivity contribution is 5.78. The highest BCUT2D eigenvalue weighted by Gasteiger charge is 2.17. The Kier molecular flexibility index (Phi) is 18.7. The standard InChI is InChI=1S/C20H30N6O8.C4H10/c21-9-17(27)24-34-14-16-3-1-15(2-4-16)10-22-18(28)11-25(6-5-23-33)7-8-26(12-19(29)30)13-20(31)32;1-4(2)3/h1-4H,5-14,21H2,(H,22,28)(H,24,27)(H,29,30)(H,31,32);4H,1-3H3. The molecule has 0 aliphatic rings. The second-order valence-corrected chi connectivity index (χ2v) is 8.97. The van der Waals surface area contributed by atoms with E-state index < -0.39 is 30.9 Å². The molecule has 214 valence electrons. The smallest absolute Gasteiger partial charge is 0.317 e. The number of carbonyl (C=O) groups is 4. The molecule has 0 radical (unpaired) electrons. The highest BCUT2D eigenvalue weighted by Crippen LogP contribution is 2.05. The van der Waals surface area contributed by atoms with E-state index in [0.29, 0.717) is 0 Å². The monoisotopic (exact) mass is 540 g/mol. The molecule has 2 amide bonds. The predicted octanol–water partition coefficient (Wildman–Crippen LogP) is 0.0112. The quantitative estimate of drug-likeness (QED) is 0.124. The summed E-state index contributed by atoms with van der Waals surface area (Å²) in [6, 6.07) is 7.12. The van der Waals surface area contributed by atoms with Crippen LogP contribution < -0.4 is 16.5 Å². The zero-order valence-corrected chi connectivity index (χ0v) is 22.2. The second-order valence-electron chi connectivity index (χ2n) is 8.97. The average Bonchev–Trinajstić information content (AvgIpc) is 2.83. The van der Waals surface area contributed by atoms with E-state index in [9.17, 15) is 24.1 Å². The molecule has 0 unspecified atom stereocenters. The van der Waals surface area contributed by atoms with Gasteiger partial charge >= 0.3 is 11.9 Å². The van der Waals surface area contributed by atoms with E-state index >= 15 is 0 Å². The van der Waals surface area contributed by atoms with E-state index in [-0.39, 0.29) is 58.3 Å². The predicted molar refractivity (Wildman–Crippen MR) is 140 cm³/mol. The molecule has 0 fully saturated rings. The number of carboxylic acids is 2. The van der Waals surface area contributed by atoms with Crippen LogP contribution in [0.5, 0.6) is 0 Å². The molecule has 0 aliphatic carbocycles. The lowest BCUT2D eigenvalue weighted by molar-refractivity contribution is -0.142. The van der Waals surface area contributed by atoms with Gasteiger partial charge in [-0.15, -0.1) is 0 Å². The first-order valence-corrected chi connectivity index (χ1v) is 12.1. The topological polar surface area (TPSA) is 204 Å². The number of benzene rings is 1. The van der Waals surface area contributed by atoms with Gasteiger partial charge in [0.1, 0.15) is 0 Å². The first-order valence-electron chi connectivity index (χ1n) is 12.1. The Balaban J connectivity index is 0.00000318. The molecule has 0 atom stereocenters. The van der Waals surface area contributed by atoms with Crippen LogP contribution >= 0.6 is 0 Å². The van der Waals surface area contributed by atoms with Gasteiger partial charge in [-0.25, -0.2) is 5.48 Å². The number of hydrogen-bond acceptors (Lipinski definition) is 10. The Morgan fingerprint density at radius 1 is 0.895 bits per heavy atom. The largest absolute Gasteiger partial charge is 0.480 e. The molecule has 14 nitrogen and oxygen atoms in total. The molecule has 0 spiro atoms. The number of amides is 2. The minimum Gasteiger partial charge on any atom is -0.480 e. The number of nitroso groups, excluding NO2 is 1. The van der Waals surface area contributed by atoms with Crippen molar-refractivity contribution in [2.45, 2.75) is 33.9 Å². The van der Waals surface area contributed by atoms with Gasteiger partial charge in [-0.2, -0.15) is 4.91 Å².